The van der Waals surface area contributed by atoms with E-state index in [1.54, 1.807) is 30.3 Å². The van der Waals surface area contributed by atoms with E-state index in [0.717, 1.165) is 11.3 Å². The standard InChI is InChI=1S/C20H22N2O3/c1-12(2)20-22-17-10-7-15(11-18(17)25-20)21-19(23)14-5-8-16(9-6-14)24-13(3)4/h5-13H,1-4H3,(H,21,23). The Morgan fingerprint density at radius 1 is 1.08 bits per heavy atom. The number of nitrogens with one attached hydrogen (secondary N) is 1. The highest BCUT2D eigenvalue weighted by molar-refractivity contribution is 6.04. The van der Waals surface area contributed by atoms with Gasteiger partial charge in [0.05, 0.1) is 6.10 Å². The van der Waals surface area contributed by atoms with Crippen molar-refractivity contribution in [3.05, 3.63) is 53.9 Å². The van der Waals surface area contributed by atoms with Crippen LogP contribution in [0.15, 0.2) is 46.9 Å². The lowest BCUT2D eigenvalue weighted by molar-refractivity contribution is 0.102. The Labute approximate surface area is 147 Å². The minimum absolute atomic E-state index is 0.101. The molecule has 1 amide bonds. The van der Waals surface area contributed by atoms with Crippen molar-refractivity contribution in [1.29, 1.82) is 0 Å². The third kappa shape index (κ3) is 3.99. The minimum atomic E-state index is -0.181. The average molecular weight is 338 g/mol. The first-order valence-corrected chi connectivity index (χ1v) is 8.41. The number of amides is 1. The maximum Gasteiger partial charge on any atom is 0.255 e. The van der Waals surface area contributed by atoms with Crippen LogP contribution in [0.1, 0.15) is 49.9 Å². The van der Waals surface area contributed by atoms with Gasteiger partial charge in [-0.05, 0) is 50.2 Å². The molecule has 0 saturated heterocycles. The number of hydrogen-bond donors (Lipinski definition) is 1. The van der Waals surface area contributed by atoms with Crippen LogP contribution in [0.25, 0.3) is 11.1 Å². The molecule has 0 aliphatic carbocycles. The third-order valence-electron chi connectivity index (χ3n) is 3.65. The second-order valence-electron chi connectivity index (χ2n) is 6.53. The summed E-state index contributed by atoms with van der Waals surface area (Å²) >= 11 is 0. The predicted octanol–water partition coefficient (Wildman–Crippen LogP) is 4.99. The quantitative estimate of drug-likeness (QED) is 0.712. The fraction of sp³-hybridized carbons (Fsp3) is 0.300. The molecule has 0 bridgehead atoms. The van der Waals surface area contributed by atoms with Crippen molar-refractivity contribution in [2.45, 2.75) is 39.7 Å². The first-order valence-electron chi connectivity index (χ1n) is 8.41. The van der Waals surface area contributed by atoms with Crippen molar-refractivity contribution in [3.63, 3.8) is 0 Å². The smallest absolute Gasteiger partial charge is 0.255 e. The van der Waals surface area contributed by atoms with Gasteiger partial charge in [-0.3, -0.25) is 4.79 Å². The second kappa shape index (κ2) is 6.97. The van der Waals surface area contributed by atoms with E-state index in [-0.39, 0.29) is 17.9 Å². The number of oxazole rings is 1. The molecule has 0 fully saturated rings. The zero-order valence-corrected chi connectivity index (χ0v) is 14.9. The molecule has 25 heavy (non-hydrogen) atoms. The molecule has 0 spiro atoms. The molecule has 3 aromatic rings. The summed E-state index contributed by atoms with van der Waals surface area (Å²) in [5.41, 5.74) is 2.70. The Morgan fingerprint density at radius 2 is 1.80 bits per heavy atom. The normalized spacial score (nSPS) is 11.3. The molecule has 2 aromatic carbocycles. The van der Waals surface area contributed by atoms with Crippen molar-refractivity contribution in [2.75, 3.05) is 5.32 Å². The Morgan fingerprint density at radius 3 is 2.44 bits per heavy atom. The number of ether oxygens (including phenoxy) is 1. The van der Waals surface area contributed by atoms with Gasteiger partial charge in [0.1, 0.15) is 11.3 Å². The molecule has 0 saturated carbocycles. The van der Waals surface area contributed by atoms with Gasteiger partial charge in [0.25, 0.3) is 5.91 Å². The fourth-order valence-corrected chi connectivity index (χ4v) is 2.43. The molecule has 5 nitrogen and oxygen atoms in total. The minimum Gasteiger partial charge on any atom is -0.491 e. The molecule has 0 aliphatic heterocycles. The molecule has 5 heteroatoms. The van der Waals surface area contributed by atoms with Gasteiger partial charge < -0.3 is 14.5 Å². The first-order chi connectivity index (χ1) is 11.9. The van der Waals surface area contributed by atoms with Gasteiger partial charge in [-0.1, -0.05) is 13.8 Å². The van der Waals surface area contributed by atoms with Crippen LogP contribution in [0.4, 0.5) is 5.69 Å². The van der Waals surface area contributed by atoms with Crippen molar-refractivity contribution in [2.24, 2.45) is 0 Å². The van der Waals surface area contributed by atoms with Gasteiger partial charge in [-0.2, -0.15) is 0 Å². The summed E-state index contributed by atoms with van der Waals surface area (Å²) in [5, 5.41) is 2.88. The van der Waals surface area contributed by atoms with E-state index in [1.807, 2.05) is 39.8 Å². The summed E-state index contributed by atoms with van der Waals surface area (Å²) in [6.07, 6.45) is 0.101. The second-order valence-corrected chi connectivity index (χ2v) is 6.53. The zero-order chi connectivity index (χ0) is 18.0. The molecule has 0 unspecified atom stereocenters. The third-order valence-corrected chi connectivity index (χ3v) is 3.65. The SMILES string of the molecule is CC(C)Oc1ccc(C(=O)Nc2ccc3nc(C(C)C)oc3c2)cc1. The molecular formula is C20H22N2O3. The van der Waals surface area contributed by atoms with Crippen LogP contribution in [-0.4, -0.2) is 17.0 Å². The number of fused-ring (bicyclic) bond motifs is 1. The van der Waals surface area contributed by atoms with E-state index in [0.29, 0.717) is 22.7 Å². The van der Waals surface area contributed by atoms with Crippen molar-refractivity contribution in [3.8, 4) is 5.75 Å². The van der Waals surface area contributed by atoms with Crippen molar-refractivity contribution >= 4 is 22.7 Å². The first kappa shape index (κ1) is 17.0. The molecule has 1 heterocycles. The Hall–Kier alpha value is -2.82. The van der Waals surface area contributed by atoms with Crippen LogP contribution in [-0.2, 0) is 0 Å². The van der Waals surface area contributed by atoms with Crippen LogP contribution in [0.2, 0.25) is 0 Å². The van der Waals surface area contributed by atoms with Crippen molar-refractivity contribution < 1.29 is 13.9 Å². The molecule has 0 radical (unpaired) electrons. The molecule has 0 atom stereocenters. The predicted molar refractivity (Wildman–Crippen MR) is 98.3 cm³/mol. The maximum absolute atomic E-state index is 12.4. The van der Waals surface area contributed by atoms with Gasteiger partial charge in [0, 0.05) is 23.2 Å². The Kier molecular flexibility index (Phi) is 4.74. The Bertz CT molecular complexity index is 880. The largest absolute Gasteiger partial charge is 0.491 e. The molecule has 130 valence electrons. The summed E-state index contributed by atoms with van der Waals surface area (Å²) in [4.78, 5) is 16.8. The van der Waals surface area contributed by atoms with E-state index in [9.17, 15) is 4.79 Å². The summed E-state index contributed by atoms with van der Waals surface area (Å²) in [5.74, 6) is 1.48. The fourth-order valence-electron chi connectivity index (χ4n) is 2.43. The summed E-state index contributed by atoms with van der Waals surface area (Å²) in [6, 6.07) is 12.5. The molecule has 1 aromatic heterocycles. The molecule has 3 rings (SSSR count). The maximum atomic E-state index is 12.4. The van der Waals surface area contributed by atoms with E-state index >= 15 is 0 Å². The van der Waals surface area contributed by atoms with Crippen molar-refractivity contribution in [1.82, 2.24) is 4.98 Å². The lowest BCUT2D eigenvalue weighted by atomic mass is 10.2. The number of carbonyl (C=O) groups is 1. The highest BCUT2D eigenvalue weighted by Crippen LogP contribution is 2.24. The van der Waals surface area contributed by atoms with Gasteiger partial charge in [-0.15, -0.1) is 0 Å². The van der Waals surface area contributed by atoms with Crippen LogP contribution in [0, 0.1) is 0 Å². The average Bonchev–Trinajstić information content (AvgIpc) is 2.98. The number of benzene rings is 2. The zero-order valence-electron chi connectivity index (χ0n) is 14.9. The monoisotopic (exact) mass is 338 g/mol. The number of nitrogens with zero attached hydrogens (tertiary/aromatic N) is 1. The lowest BCUT2D eigenvalue weighted by Gasteiger charge is -2.10. The number of aromatic nitrogens is 1. The highest BCUT2D eigenvalue weighted by Gasteiger charge is 2.11. The van der Waals surface area contributed by atoms with E-state index in [2.05, 4.69) is 10.3 Å². The van der Waals surface area contributed by atoms with Crippen LogP contribution in [0.3, 0.4) is 0 Å². The summed E-state index contributed by atoms with van der Waals surface area (Å²) < 4.78 is 11.3. The highest BCUT2D eigenvalue weighted by atomic mass is 16.5. The van der Waals surface area contributed by atoms with Gasteiger partial charge in [0.2, 0.25) is 0 Å². The number of anilines is 1. The van der Waals surface area contributed by atoms with Crippen LogP contribution in [0.5, 0.6) is 5.75 Å². The number of carbonyl (C=O) groups excluding carboxylic acids is 1. The van der Waals surface area contributed by atoms with E-state index in [1.165, 1.54) is 0 Å². The van der Waals surface area contributed by atoms with E-state index < -0.39 is 0 Å². The van der Waals surface area contributed by atoms with Crippen LogP contribution < -0.4 is 10.1 Å². The topological polar surface area (TPSA) is 64.4 Å². The van der Waals surface area contributed by atoms with Crippen LogP contribution >= 0.6 is 0 Å². The molecule has 1 N–H and O–H groups in total. The summed E-state index contributed by atoms with van der Waals surface area (Å²) in [7, 11) is 0. The molecule has 0 aliphatic rings. The number of hydrogen-bond acceptors (Lipinski definition) is 4. The lowest BCUT2D eigenvalue weighted by Crippen LogP contribution is -2.12. The molecular weight excluding hydrogens is 316 g/mol. The van der Waals surface area contributed by atoms with E-state index in [4.69, 9.17) is 9.15 Å². The van der Waals surface area contributed by atoms with Gasteiger partial charge in [-0.25, -0.2) is 4.98 Å². The summed E-state index contributed by atoms with van der Waals surface area (Å²) in [6.45, 7) is 7.98. The van der Waals surface area contributed by atoms with Gasteiger partial charge >= 0.3 is 0 Å². The van der Waals surface area contributed by atoms with Gasteiger partial charge in [0.15, 0.2) is 11.5 Å². The number of rotatable bonds is 5. The Balaban J connectivity index is 1.74.